The van der Waals surface area contributed by atoms with Gasteiger partial charge in [-0.3, -0.25) is 24.1 Å². The molecule has 3 aliphatic rings. The van der Waals surface area contributed by atoms with E-state index in [0.717, 1.165) is 5.56 Å². The minimum Gasteiger partial charge on any atom is -0.504 e. The number of rotatable bonds is 14. The van der Waals surface area contributed by atoms with Gasteiger partial charge in [-0.05, 0) is 51.6 Å². The number of aryl methyl sites for hydroxylation is 1. The summed E-state index contributed by atoms with van der Waals surface area (Å²) in [7, 11) is 1.87. The number of nitrogens with zero attached hydrogens (tertiary/aromatic N) is 1. The molecular weight excluding hydrogens is 650 g/mol. The van der Waals surface area contributed by atoms with E-state index in [0.29, 0.717) is 18.5 Å². The number of carboxylic acid groups (broad SMARTS) is 2. The molecule has 7 N–H and O–H groups in total. The summed E-state index contributed by atoms with van der Waals surface area (Å²) in [6, 6.07) is 2.74. The smallest absolute Gasteiger partial charge is 0.333 e. The van der Waals surface area contributed by atoms with Crippen molar-refractivity contribution in [2.75, 3.05) is 26.7 Å². The van der Waals surface area contributed by atoms with E-state index in [4.69, 9.17) is 24.4 Å². The fraction of sp³-hybridized carbons (Fsp3) is 0.562. The first-order chi connectivity index (χ1) is 23.0. The molecule has 49 heavy (non-hydrogen) atoms. The summed E-state index contributed by atoms with van der Waals surface area (Å²) in [5.41, 5.74) is -1.17. The number of piperidine rings is 1. The standard InChI is InChI=1S/C32H41N3O14/c1-16-4-5-18(36)27-26(16)31-10-13-35(3)17(2)32(31,49-25(42)8-12-34-23(40)15-20(38)30(45)46)9-6-21(28(31)48-27)47-24(41)7-11-33-22(39)14-19(37)29(43)44/h4-6,17,19-20,28,36-38H,7-15H2,1-3H3,(H,33,39)(H,34,40)(H,43,44)(H,45,46)/t17-,19+,20+,28+,31+,32-/m1/s1. The lowest BCUT2D eigenvalue weighted by Crippen LogP contribution is -2.73. The number of amides is 2. The molecule has 268 valence electrons. The second-order valence-corrected chi connectivity index (χ2v) is 12.4. The first-order valence-electron chi connectivity index (χ1n) is 15.7. The molecule has 0 bridgehead atoms. The molecule has 0 saturated carbocycles. The number of aliphatic hydroxyl groups is 2. The van der Waals surface area contributed by atoms with Gasteiger partial charge >= 0.3 is 23.9 Å². The Morgan fingerprint density at radius 1 is 0.980 bits per heavy atom. The molecule has 1 aromatic carbocycles. The highest BCUT2D eigenvalue weighted by molar-refractivity contribution is 5.84. The first kappa shape index (κ1) is 37.1. The van der Waals surface area contributed by atoms with Crippen LogP contribution in [0.3, 0.4) is 0 Å². The lowest BCUT2D eigenvalue weighted by molar-refractivity contribution is -0.201. The van der Waals surface area contributed by atoms with Crippen molar-refractivity contribution in [1.29, 1.82) is 0 Å². The number of carboxylic acids is 2. The summed E-state index contributed by atoms with van der Waals surface area (Å²) < 4.78 is 18.5. The number of aliphatic hydroxyl groups excluding tert-OH is 2. The normalized spacial score (nSPS) is 25.2. The van der Waals surface area contributed by atoms with E-state index in [2.05, 4.69) is 10.6 Å². The summed E-state index contributed by atoms with van der Waals surface area (Å²) >= 11 is 0. The van der Waals surface area contributed by atoms with Crippen LogP contribution in [0.4, 0.5) is 0 Å². The number of benzene rings is 1. The third-order valence-corrected chi connectivity index (χ3v) is 9.45. The van der Waals surface area contributed by atoms with E-state index < -0.39 is 83.9 Å². The zero-order valence-electron chi connectivity index (χ0n) is 27.3. The van der Waals surface area contributed by atoms with Gasteiger partial charge in [0, 0.05) is 31.1 Å². The van der Waals surface area contributed by atoms with Gasteiger partial charge in [0.1, 0.15) is 11.4 Å². The van der Waals surface area contributed by atoms with Crippen LogP contribution in [0.1, 0.15) is 56.6 Å². The quantitative estimate of drug-likeness (QED) is 0.118. The number of carbonyl (C=O) groups excluding carboxylic acids is 4. The van der Waals surface area contributed by atoms with Crippen molar-refractivity contribution in [3.8, 4) is 11.5 Å². The topological polar surface area (TPSA) is 259 Å². The number of phenols is 1. The fourth-order valence-corrected chi connectivity index (χ4v) is 6.91. The Hall–Kier alpha value is -4.74. The molecule has 6 atom stereocenters. The molecule has 4 rings (SSSR count). The summed E-state index contributed by atoms with van der Waals surface area (Å²) in [5, 5.41) is 52.1. The minimum absolute atomic E-state index is 0.0578. The molecule has 17 nitrogen and oxygen atoms in total. The zero-order valence-corrected chi connectivity index (χ0v) is 27.3. The SMILES string of the molecule is Cc1ccc(O)c2c1[C@]13CCN(C)[C@H](C)[C@]1(OC(=O)CCNC(=O)C[C@H](O)C(=O)O)CC=C(OC(=O)CCNC(=O)C[C@H](O)C(=O)O)[C@@H]3O2. The summed E-state index contributed by atoms with van der Waals surface area (Å²) in [6.07, 6.45) is -4.80. The summed E-state index contributed by atoms with van der Waals surface area (Å²) in [4.78, 5) is 74.1. The number of ether oxygens (including phenoxy) is 3. The first-order valence-corrected chi connectivity index (χ1v) is 15.7. The van der Waals surface area contributed by atoms with Crippen LogP contribution in [0.5, 0.6) is 11.5 Å². The van der Waals surface area contributed by atoms with Crippen LogP contribution in [0.25, 0.3) is 0 Å². The zero-order chi connectivity index (χ0) is 36.3. The molecule has 0 unspecified atom stereocenters. The van der Waals surface area contributed by atoms with Gasteiger partial charge in [0.25, 0.3) is 0 Å². The largest absolute Gasteiger partial charge is 0.504 e. The van der Waals surface area contributed by atoms with Crippen LogP contribution < -0.4 is 15.4 Å². The fourth-order valence-electron chi connectivity index (χ4n) is 6.91. The maximum Gasteiger partial charge on any atom is 0.333 e. The van der Waals surface area contributed by atoms with Gasteiger partial charge < -0.3 is 50.4 Å². The average Bonchev–Trinajstić information content (AvgIpc) is 3.39. The number of hydrogen-bond donors (Lipinski definition) is 7. The second kappa shape index (κ2) is 14.8. The summed E-state index contributed by atoms with van der Waals surface area (Å²) in [5.74, 6) is -6.00. The third kappa shape index (κ3) is 7.33. The molecule has 2 amide bonds. The van der Waals surface area contributed by atoms with Crippen LogP contribution in [-0.4, -0.2) is 123 Å². The van der Waals surface area contributed by atoms with E-state index in [1.54, 1.807) is 12.1 Å². The minimum atomic E-state index is -1.89. The Kier molecular flexibility index (Phi) is 11.2. The highest BCUT2D eigenvalue weighted by Gasteiger charge is 2.71. The number of phenolic OH excluding ortho intramolecular Hbond substituents is 1. The molecule has 1 saturated heterocycles. The van der Waals surface area contributed by atoms with Crippen molar-refractivity contribution in [1.82, 2.24) is 15.5 Å². The molecule has 1 fully saturated rings. The van der Waals surface area contributed by atoms with E-state index in [-0.39, 0.29) is 49.6 Å². The predicted molar refractivity (Wildman–Crippen MR) is 165 cm³/mol. The second-order valence-electron chi connectivity index (χ2n) is 12.4. The van der Waals surface area contributed by atoms with Crippen LogP contribution in [0.15, 0.2) is 24.0 Å². The van der Waals surface area contributed by atoms with Crippen molar-refractivity contribution in [3.05, 3.63) is 35.1 Å². The Morgan fingerprint density at radius 2 is 1.55 bits per heavy atom. The lowest BCUT2D eigenvalue weighted by Gasteiger charge is -2.59. The van der Waals surface area contributed by atoms with Crippen molar-refractivity contribution in [3.63, 3.8) is 0 Å². The Balaban J connectivity index is 1.59. The number of likely N-dealkylation sites (N-methyl/N-ethyl adjacent to an activating group) is 1. The van der Waals surface area contributed by atoms with E-state index in [9.17, 15) is 44.1 Å². The van der Waals surface area contributed by atoms with Gasteiger partial charge in [0.15, 0.2) is 29.8 Å². The van der Waals surface area contributed by atoms with Crippen molar-refractivity contribution in [2.24, 2.45) is 0 Å². The molecular formula is C32H41N3O14. The Bertz CT molecular complexity index is 1540. The van der Waals surface area contributed by atoms with Gasteiger partial charge in [0.2, 0.25) is 11.8 Å². The van der Waals surface area contributed by atoms with E-state index in [1.165, 1.54) is 6.07 Å². The number of esters is 2. The number of aliphatic carboxylic acids is 2. The number of nitrogens with one attached hydrogen (secondary N) is 2. The molecule has 1 aliphatic carbocycles. The van der Waals surface area contributed by atoms with Crippen LogP contribution in [0.2, 0.25) is 0 Å². The molecule has 1 spiro atoms. The number of carbonyl (C=O) groups is 6. The van der Waals surface area contributed by atoms with E-state index in [1.807, 2.05) is 25.8 Å². The van der Waals surface area contributed by atoms with Crippen molar-refractivity contribution in [2.45, 2.75) is 87.7 Å². The van der Waals surface area contributed by atoms with Crippen LogP contribution in [-0.2, 0) is 43.7 Å². The summed E-state index contributed by atoms with van der Waals surface area (Å²) in [6.45, 7) is 3.81. The van der Waals surface area contributed by atoms with E-state index >= 15 is 0 Å². The Labute approximate surface area is 280 Å². The van der Waals surface area contributed by atoms with Crippen LogP contribution in [0, 0.1) is 6.92 Å². The third-order valence-electron chi connectivity index (χ3n) is 9.45. The molecule has 2 aliphatic heterocycles. The van der Waals surface area contributed by atoms with Crippen molar-refractivity contribution < 1.29 is 68.5 Å². The van der Waals surface area contributed by atoms with Crippen molar-refractivity contribution >= 4 is 35.7 Å². The number of aromatic hydroxyl groups is 1. The predicted octanol–water partition coefficient (Wildman–Crippen LogP) is -0.780. The van der Waals surface area contributed by atoms with Gasteiger partial charge in [-0.1, -0.05) is 6.07 Å². The van der Waals surface area contributed by atoms with Gasteiger partial charge in [-0.15, -0.1) is 0 Å². The van der Waals surface area contributed by atoms with Gasteiger partial charge in [-0.2, -0.15) is 0 Å². The van der Waals surface area contributed by atoms with Gasteiger partial charge in [0.05, 0.1) is 31.1 Å². The number of hydrogen-bond acceptors (Lipinski definition) is 13. The number of fused-ring (bicyclic) bond motifs is 1. The monoisotopic (exact) mass is 691 g/mol. The van der Waals surface area contributed by atoms with Gasteiger partial charge in [-0.25, -0.2) is 9.59 Å². The molecule has 2 heterocycles. The average molecular weight is 692 g/mol. The Morgan fingerprint density at radius 3 is 2.12 bits per heavy atom. The molecule has 0 radical (unpaired) electrons. The van der Waals surface area contributed by atoms with Crippen LogP contribution >= 0.6 is 0 Å². The maximum atomic E-state index is 13.5. The maximum absolute atomic E-state index is 13.5. The highest BCUT2D eigenvalue weighted by Crippen LogP contribution is 2.63. The molecule has 0 aromatic heterocycles. The molecule has 1 aromatic rings. The highest BCUT2D eigenvalue weighted by atomic mass is 16.6. The lowest BCUT2D eigenvalue weighted by atomic mass is 9.54. The number of likely N-dealkylation sites (tertiary alicyclic amines) is 1. The molecule has 17 heteroatoms.